The van der Waals surface area contributed by atoms with E-state index < -0.39 is 0 Å². The van der Waals surface area contributed by atoms with Gasteiger partial charge in [0.2, 0.25) is 0 Å². The summed E-state index contributed by atoms with van der Waals surface area (Å²) in [5.74, 6) is 0.856. The Kier molecular flexibility index (Phi) is 5.77. The van der Waals surface area contributed by atoms with Gasteiger partial charge in [0.15, 0.2) is 0 Å². The van der Waals surface area contributed by atoms with E-state index in [1.807, 2.05) is 0 Å². The zero-order valence-corrected chi connectivity index (χ0v) is 21.8. The standard InChI is InChI=1S/C34H31N2O/c1-23-19-24(2)30(25(3)20-23)22-35-17-18-36-31-16-15-28(37-4)21-29(31)32(26-11-7-5-8-12-26)33(34(35)36)27-13-9-6-10-14-27/h5-21H,22H2,1-4H3/q+1. The number of hydrogen-bond acceptors (Lipinski definition) is 1. The molecule has 3 nitrogen and oxygen atoms in total. The minimum absolute atomic E-state index is 0.810. The molecule has 3 heteroatoms. The van der Waals surface area contributed by atoms with Gasteiger partial charge in [-0.05, 0) is 66.8 Å². The Labute approximate surface area is 218 Å². The van der Waals surface area contributed by atoms with Crippen LogP contribution in [-0.2, 0) is 6.54 Å². The van der Waals surface area contributed by atoms with Crippen molar-refractivity contribution in [3.63, 3.8) is 0 Å². The summed E-state index contributed by atoms with van der Waals surface area (Å²) in [5.41, 5.74) is 12.5. The van der Waals surface area contributed by atoms with Crippen LogP contribution in [-0.4, -0.2) is 11.5 Å². The number of imidazole rings is 1. The van der Waals surface area contributed by atoms with E-state index in [-0.39, 0.29) is 0 Å². The van der Waals surface area contributed by atoms with Crippen LogP contribution in [0.1, 0.15) is 22.3 Å². The lowest BCUT2D eigenvalue weighted by Crippen LogP contribution is -2.34. The molecule has 6 aromatic rings. The van der Waals surface area contributed by atoms with Gasteiger partial charge in [0.1, 0.15) is 30.2 Å². The average Bonchev–Trinajstić information content (AvgIpc) is 3.34. The molecule has 0 aliphatic heterocycles. The lowest BCUT2D eigenvalue weighted by atomic mass is 9.91. The number of methoxy groups -OCH3 is 1. The average molecular weight is 484 g/mol. The third-order valence-corrected chi connectivity index (χ3v) is 7.40. The molecular formula is C34H31N2O+. The van der Waals surface area contributed by atoms with Gasteiger partial charge in [-0.1, -0.05) is 78.4 Å². The maximum absolute atomic E-state index is 5.68. The molecule has 0 unspecified atom stereocenters. The van der Waals surface area contributed by atoms with Gasteiger partial charge in [0, 0.05) is 10.9 Å². The van der Waals surface area contributed by atoms with E-state index in [0.717, 1.165) is 17.8 Å². The summed E-state index contributed by atoms with van der Waals surface area (Å²) < 4.78 is 10.4. The van der Waals surface area contributed by atoms with Crippen molar-refractivity contribution in [3.05, 3.63) is 126 Å². The molecule has 0 saturated heterocycles. The van der Waals surface area contributed by atoms with E-state index in [4.69, 9.17) is 4.74 Å². The SMILES string of the molecule is COc1ccc2c(c1)c(-c1ccccc1)c(-c1ccccc1)c1n2cc[n+]1Cc1c(C)cc(C)cc1C. The predicted molar refractivity (Wildman–Crippen MR) is 152 cm³/mol. The summed E-state index contributed by atoms with van der Waals surface area (Å²) in [6, 6.07) is 32.5. The van der Waals surface area contributed by atoms with Crippen molar-refractivity contribution in [1.29, 1.82) is 0 Å². The zero-order chi connectivity index (χ0) is 25.5. The molecule has 4 aromatic carbocycles. The topological polar surface area (TPSA) is 17.5 Å². The summed E-state index contributed by atoms with van der Waals surface area (Å²) in [6.07, 6.45) is 4.42. The summed E-state index contributed by atoms with van der Waals surface area (Å²) in [5, 5.41) is 1.17. The summed E-state index contributed by atoms with van der Waals surface area (Å²) in [6.45, 7) is 7.43. The predicted octanol–water partition coefficient (Wildman–Crippen LogP) is 7.70. The second-order valence-corrected chi connectivity index (χ2v) is 9.86. The summed E-state index contributed by atoms with van der Waals surface area (Å²) in [4.78, 5) is 0. The van der Waals surface area contributed by atoms with Gasteiger partial charge in [-0.15, -0.1) is 0 Å². The molecule has 37 heavy (non-hydrogen) atoms. The molecule has 2 heterocycles. The highest BCUT2D eigenvalue weighted by Gasteiger charge is 2.26. The highest BCUT2D eigenvalue weighted by Crippen LogP contribution is 2.41. The maximum atomic E-state index is 5.68. The normalized spacial score (nSPS) is 11.4. The zero-order valence-electron chi connectivity index (χ0n) is 21.8. The van der Waals surface area contributed by atoms with Crippen LogP contribution in [0.4, 0.5) is 0 Å². The van der Waals surface area contributed by atoms with Crippen LogP contribution in [0, 0.1) is 20.8 Å². The highest BCUT2D eigenvalue weighted by atomic mass is 16.5. The van der Waals surface area contributed by atoms with E-state index in [9.17, 15) is 0 Å². The molecule has 0 radical (unpaired) electrons. The molecule has 0 amide bonds. The number of hydrogen-bond donors (Lipinski definition) is 0. The number of nitrogens with zero attached hydrogens (tertiary/aromatic N) is 2. The van der Waals surface area contributed by atoms with Crippen LogP contribution in [0.15, 0.2) is 103 Å². The van der Waals surface area contributed by atoms with Crippen LogP contribution in [0.5, 0.6) is 5.75 Å². The third kappa shape index (κ3) is 3.97. The molecule has 182 valence electrons. The number of benzene rings is 4. The van der Waals surface area contributed by atoms with E-state index in [2.05, 4.69) is 133 Å². The summed E-state index contributed by atoms with van der Waals surface area (Å²) in [7, 11) is 1.73. The lowest BCUT2D eigenvalue weighted by molar-refractivity contribution is -0.661. The second-order valence-electron chi connectivity index (χ2n) is 9.86. The van der Waals surface area contributed by atoms with Crippen LogP contribution >= 0.6 is 0 Å². The Hall–Kier alpha value is -4.37. The van der Waals surface area contributed by atoms with E-state index in [0.29, 0.717) is 0 Å². The van der Waals surface area contributed by atoms with Crippen molar-refractivity contribution in [2.24, 2.45) is 0 Å². The fraction of sp³-hybridized carbons (Fsp3) is 0.147. The minimum atomic E-state index is 0.810. The monoisotopic (exact) mass is 483 g/mol. The largest absolute Gasteiger partial charge is 0.497 e. The second kappa shape index (κ2) is 9.25. The number of pyridine rings is 1. The minimum Gasteiger partial charge on any atom is -0.497 e. The van der Waals surface area contributed by atoms with Crippen molar-refractivity contribution in [2.75, 3.05) is 7.11 Å². The molecule has 6 rings (SSSR count). The Morgan fingerprint density at radius 3 is 1.97 bits per heavy atom. The van der Waals surface area contributed by atoms with Crippen molar-refractivity contribution in [3.8, 4) is 28.0 Å². The first kappa shape index (κ1) is 23.1. The first-order chi connectivity index (χ1) is 18.0. The van der Waals surface area contributed by atoms with E-state index in [1.54, 1.807) is 7.11 Å². The van der Waals surface area contributed by atoms with Gasteiger partial charge in [-0.25, -0.2) is 4.57 Å². The van der Waals surface area contributed by atoms with Crippen LogP contribution in [0.25, 0.3) is 38.8 Å². The Bertz CT molecular complexity index is 1730. The van der Waals surface area contributed by atoms with Gasteiger partial charge in [0.05, 0.1) is 12.7 Å². The number of fused-ring (bicyclic) bond motifs is 3. The van der Waals surface area contributed by atoms with Crippen LogP contribution in [0.3, 0.4) is 0 Å². The fourth-order valence-corrected chi connectivity index (χ4v) is 5.72. The van der Waals surface area contributed by atoms with Gasteiger partial charge in [-0.2, -0.15) is 4.40 Å². The maximum Gasteiger partial charge on any atom is 0.295 e. The Morgan fingerprint density at radius 1 is 0.730 bits per heavy atom. The van der Waals surface area contributed by atoms with Crippen molar-refractivity contribution in [2.45, 2.75) is 27.3 Å². The molecule has 0 spiro atoms. The quantitative estimate of drug-likeness (QED) is 0.230. The summed E-state index contributed by atoms with van der Waals surface area (Å²) >= 11 is 0. The first-order valence-corrected chi connectivity index (χ1v) is 12.8. The molecule has 0 atom stereocenters. The smallest absolute Gasteiger partial charge is 0.295 e. The molecular weight excluding hydrogens is 452 g/mol. The van der Waals surface area contributed by atoms with E-state index >= 15 is 0 Å². The molecule has 0 aliphatic rings. The van der Waals surface area contributed by atoms with E-state index in [1.165, 1.54) is 55.5 Å². The Balaban J connectivity index is 1.76. The van der Waals surface area contributed by atoms with Crippen molar-refractivity contribution in [1.82, 2.24) is 4.40 Å². The number of aromatic nitrogens is 2. The van der Waals surface area contributed by atoms with Gasteiger partial charge < -0.3 is 4.74 Å². The van der Waals surface area contributed by atoms with Crippen molar-refractivity contribution < 1.29 is 9.30 Å². The molecule has 2 aromatic heterocycles. The van der Waals surface area contributed by atoms with Crippen molar-refractivity contribution >= 4 is 16.6 Å². The lowest BCUT2D eigenvalue weighted by Gasteiger charge is -2.16. The van der Waals surface area contributed by atoms with Gasteiger partial charge in [0.25, 0.3) is 5.65 Å². The van der Waals surface area contributed by atoms with Crippen LogP contribution < -0.4 is 9.30 Å². The number of rotatable bonds is 5. The van der Waals surface area contributed by atoms with Crippen LogP contribution in [0.2, 0.25) is 0 Å². The molecule has 0 bridgehead atoms. The Morgan fingerprint density at radius 2 is 1.35 bits per heavy atom. The fourth-order valence-electron chi connectivity index (χ4n) is 5.72. The molecule has 0 aliphatic carbocycles. The molecule has 0 saturated carbocycles. The third-order valence-electron chi connectivity index (χ3n) is 7.40. The molecule has 0 fully saturated rings. The highest BCUT2D eigenvalue weighted by molar-refractivity contribution is 6.07. The number of aryl methyl sites for hydroxylation is 3. The molecule has 0 N–H and O–H groups in total. The first-order valence-electron chi connectivity index (χ1n) is 12.8. The van der Waals surface area contributed by atoms with Gasteiger partial charge >= 0.3 is 0 Å². The number of ether oxygens (including phenoxy) is 1. The van der Waals surface area contributed by atoms with Gasteiger partial charge in [-0.3, -0.25) is 0 Å².